The van der Waals surface area contributed by atoms with Crippen LogP contribution in [0, 0.1) is 12.7 Å². The lowest BCUT2D eigenvalue weighted by molar-refractivity contribution is 0.0981. The Morgan fingerprint density at radius 3 is 2.70 bits per heavy atom. The van der Waals surface area contributed by atoms with Crippen LogP contribution in [0.3, 0.4) is 0 Å². The van der Waals surface area contributed by atoms with Crippen LogP contribution in [-0.2, 0) is 11.2 Å². The molecule has 2 aromatic heterocycles. The summed E-state index contributed by atoms with van der Waals surface area (Å²) in [6.45, 7) is 3.71. The van der Waals surface area contributed by atoms with Crippen molar-refractivity contribution in [2.24, 2.45) is 0 Å². The molecule has 0 radical (unpaired) electrons. The summed E-state index contributed by atoms with van der Waals surface area (Å²) in [6, 6.07) is 20.1. The van der Waals surface area contributed by atoms with Crippen molar-refractivity contribution in [3.63, 3.8) is 0 Å². The fourth-order valence-electron chi connectivity index (χ4n) is 5.33. The van der Waals surface area contributed by atoms with E-state index in [-0.39, 0.29) is 23.5 Å². The number of pyridine rings is 1. The van der Waals surface area contributed by atoms with E-state index in [1.165, 1.54) is 17.4 Å². The highest BCUT2D eigenvalue weighted by atomic mass is 32.1. The van der Waals surface area contributed by atoms with Crippen LogP contribution in [0.4, 0.5) is 21.6 Å². The van der Waals surface area contributed by atoms with Crippen molar-refractivity contribution in [1.29, 1.82) is 0 Å². The van der Waals surface area contributed by atoms with Gasteiger partial charge in [0.1, 0.15) is 17.3 Å². The monoisotopic (exact) mass is 556 g/mol. The number of carbonyl (C=O) groups excluding carboxylic acids is 2. The molecule has 2 aliphatic heterocycles. The van der Waals surface area contributed by atoms with E-state index in [2.05, 4.69) is 10.2 Å². The summed E-state index contributed by atoms with van der Waals surface area (Å²) in [7, 11) is 1.69. The van der Waals surface area contributed by atoms with Crippen molar-refractivity contribution < 1.29 is 18.7 Å². The lowest BCUT2D eigenvalue weighted by atomic mass is 10.0. The maximum Gasteiger partial charge on any atom is 0.276 e. The molecule has 2 amide bonds. The molecule has 2 aromatic carbocycles. The molecule has 1 saturated heterocycles. The first-order valence-electron chi connectivity index (χ1n) is 13.3. The number of thiophene rings is 1. The number of methoxy groups -OCH3 is 1. The van der Waals surface area contributed by atoms with Gasteiger partial charge in [0.15, 0.2) is 0 Å². The highest BCUT2D eigenvalue weighted by Gasteiger charge is 2.31. The number of aryl methyl sites for hydroxylation is 1. The molecule has 0 bridgehead atoms. The zero-order valence-corrected chi connectivity index (χ0v) is 23.1. The molecule has 204 valence electrons. The highest BCUT2D eigenvalue weighted by Crippen LogP contribution is 2.42. The lowest BCUT2D eigenvalue weighted by Gasteiger charge is -2.41. The predicted molar refractivity (Wildman–Crippen MR) is 156 cm³/mol. The molecule has 4 heterocycles. The summed E-state index contributed by atoms with van der Waals surface area (Å²) in [5, 5.41) is 2.74. The average Bonchev–Trinajstić information content (AvgIpc) is 3.31. The summed E-state index contributed by atoms with van der Waals surface area (Å²) in [5.74, 6) is -0.203. The first-order chi connectivity index (χ1) is 19.4. The highest BCUT2D eigenvalue weighted by molar-refractivity contribution is 7.17. The van der Waals surface area contributed by atoms with E-state index in [0.29, 0.717) is 35.7 Å². The minimum Gasteiger partial charge on any atom is -0.383 e. The van der Waals surface area contributed by atoms with Crippen molar-refractivity contribution in [2.75, 3.05) is 41.9 Å². The number of hydrogen-bond acceptors (Lipinski definition) is 6. The van der Waals surface area contributed by atoms with Crippen molar-refractivity contribution in [3.05, 3.63) is 94.2 Å². The van der Waals surface area contributed by atoms with Gasteiger partial charge in [0.25, 0.3) is 11.8 Å². The van der Waals surface area contributed by atoms with Crippen LogP contribution in [0.25, 0.3) is 10.4 Å². The summed E-state index contributed by atoms with van der Waals surface area (Å²) < 4.78 is 19.7. The zero-order chi connectivity index (χ0) is 27.8. The maximum atomic E-state index is 14.3. The Morgan fingerprint density at radius 2 is 1.93 bits per heavy atom. The number of carbonyl (C=O) groups is 2. The van der Waals surface area contributed by atoms with Crippen LogP contribution >= 0.6 is 11.3 Å². The largest absolute Gasteiger partial charge is 0.383 e. The first kappa shape index (κ1) is 26.2. The first-order valence-corrected chi connectivity index (χ1v) is 14.1. The van der Waals surface area contributed by atoms with Gasteiger partial charge in [0.05, 0.1) is 28.9 Å². The molecule has 0 spiro atoms. The molecule has 2 aliphatic rings. The number of para-hydroxylation sites is 2. The summed E-state index contributed by atoms with van der Waals surface area (Å²) >= 11 is 1.36. The van der Waals surface area contributed by atoms with Crippen LogP contribution in [0.2, 0.25) is 0 Å². The fraction of sp³-hybridized carbons (Fsp3) is 0.258. The number of hydrogen-bond donors (Lipinski definition) is 1. The molecular formula is C31H29FN4O3S. The Morgan fingerprint density at radius 1 is 1.10 bits per heavy atom. The SMILES string of the molecule is COC[C@H]1CCN1c1cccc(C(=O)N2CCc3cc(C(=O)Nc4c(C)cccc4F)sc3-c3ccccc32)n1. The van der Waals surface area contributed by atoms with E-state index in [1.807, 2.05) is 42.5 Å². The van der Waals surface area contributed by atoms with Gasteiger partial charge in [-0.1, -0.05) is 36.4 Å². The Labute approximate surface area is 236 Å². The third kappa shape index (κ3) is 4.76. The number of benzene rings is 2. The van der Waals surface area contributed by atoms with Crippen LogP contribution in [-0.4, -0.2) is 49.6 Å². The van der Waals surface area contributed by atoms with Gasteiger partial charge in [-0.3, -0.25) is 9.59 Å². The third-order valence-corrected chi connectivity index (χ3v) is 8.74. The Kier molecular flexibility index (Phi) is 7.08. The molecule has 9 heteroatoms. The number of aromatic nitrogens is 1. The van der Waals surface area contributed by atoms with Gasteiger partial charge in [0.2, 0.25) is 0 Å². The normalized spacial score (nSPS) is 16.0. The van der Waals surface area contributed by atoms with Crippen molar-refractivity contribution in [3.8, 4) is 10.4 Å². The smallest absolute Gasteiger partial charge is 0.276 e. The van der Waals surface area contributed by atoms with Crippen LogP contribution in [0.1, 0.15) is 37.7 Å². The van der Waals surface area contributed by atoms with Gasteiger partial charge >= 0.3 is 0 Å². The number of fused-ring (bicyclic) bond motifs is 3. The van der Waals surface area contributed by atoms with Gasteiger partial charge in [0, 0.05) is 30.6 Å². The zero-order valence-electron chi connectivity index (χ0n) is 22.3. The molecule has 1 atom stereocenters. The molecule has 0 unspecified atom stereocenters. The number of amides is 2. The molecule has 4 aromatic rings. The van der Waals surface area contributed by atoms with Crippen LogP contribution in [0.5, 0.6) is 0 Å². The average molecular weight is 557 g/mol. The molecule has 0 aliphatic carbocycles. The van der Waals surface area contributed by atoms with E-state index < -0.39 is 5.82 Å². The lowest BCUT2D eigenvalue weighted by Crippen LogP contribution is -2.50. The topological polar surface area (TPSA) is 74.8 Å². The van der Waals surface area contributed by atoms with Gasteiger partial charge in [-0.15, -0.1) is 11.3 Å². The van der Waals surface area contributed by atoms with E-state index in [0.717, 1.165) is 40.5 Å². The van der Waals surface area contributed by atoms with E-state index >= 15 is 0 Å². The Hall–Kier alpha value is -4.08. The van der Waals surface area contributed by atoms with Gasteiger partial charge in [-0.05, 0) is 61.2 Å². The summed E-state index contributed by atoms with van der Waals surface area (Å²) in [5.41, 5.74) is 3.88. The number of rotatable bonds is 6. The number of nitrogens with one attached hydrogen (secondary N) is 1. The summed E-state index contributed by atoms with van der Waals surface area (Å²) in [6.07, 6.45) is 1.61. The maximum absolute atomic E-state index is 14.3. The Balaban J connectivity index is 1.28. The van der Waals surface area contributed by atoms with Gasteiger partial charge in [-0.25, -0.2) is 9.37 Å². The molecule has 1 fully saturated rings. The van der Waals surface area contributed by atoms with Gasteiger partial charge in [-0.2, -0.15) is 0 Å². The number of halogens is 1. The number of ether oxygens (including phenoxy) is 1. The summed E-state index contributed by atoms with van der Waals surface area (Å²) in [4.78, 5) is 37.1. The van der Waals surface area contributed by atoms with Crippen molar-refractivity contribution in [1.82, 2.24) is 4.98 Å². The third-order valence-electron chi connectivity index (χ3n) is 7.53. The molecule has 1 N–H and O–H groups in total. The predicted octanol–water partition coefficient (Wildman–Crippen LogP) is 5.94. The number of anilines is 3. The molecule has 7 nitrogen and oxygen atoms in total. The van der Waals surface area contributed by atoms with Crippen LogP contribution in [0.15, 0.2) is 66.7 Å². The fourth-order valence-corrected chi connectivity index (χ4v) is 6.47. The Bertz CT molecular complexity index is 1580. The second-order valence-electron chi connectivity index (χ2n) is 10.0. The van der Waals surface area contributed by atoms with E-state index in [9.17, 15) is 14.0 Å². The van der Waals surface area contributed by atoms with E-state index in [4.69, 9.17) is 9.72 Å². The minimum absolute atomic E-state index is 0.165. The van der Waals surface area contributed by atoms with Crippen molar-refractivity contribution >= 4 is 40.3 Å². The molecule has 0 saturated carbocycles. The van der Waals surface area contributed by atoms with Crippen LogP contribution < -0.4 is 15.1 Å². The minimum atomic E-state index is -0.466. The van der Waals surface area contributed by atoms with Crippen molar-refractivity contribution in [2.45, 2.75) is 25.8 Å². The van der Waals surface area contributed by atoms with E-state index in [1.54, 1.807) is 37.1 Å². The van der Waals surface area contributed by atoms with Gasteiger partial charge < -0.3 is 19.9 Å². The number of nitrogens with zero attached hydrogens (tertiary/aromatic N) is 3. The standard InChI is InChI=1S/C31H29FN4O3S/c1-19-7-5-9-23(32)28(19)34-30(37)26-17-20-13-15-36(25-11-4-3-8-22(25)29(20)40-26)31(38)24-10-6-12-27(33-24)35-16-14-21(35)18-39-2/h3-12,17,21H,13-16,18H2,1-2H3,(H,34,37)/t21-/m1/s1. The molecular weight excluding hydrogens is 527 g/mol. The molecule has 40 heavy (non-hydrogen) atoms. The quantitative estimate of drug-likeness (QED) is 0.318. The second kappa shape index (κ2) is 10.8. The molecule has 6 rings (SSSR count). The second-order valence-corrected chi connectivity index (χ2v) is 11.1.